The molecule has 2 saturated carbocycles. The monoisotopic (exact) mass is 284 g/mol. The van der Waals surface area contributed by atoms with E-state index in [1.165, 1.54) is 25.7 Å². The van der Waals surface area contributed by atoms with Crippen LogP contribution in [0.5, 0.6) is 0 Å². The highest BCUT2D eigenvalue weighted by Gasteiger charge is 2.41. The summed E-state index contributed by atoms with van der Waals surface area (Å²) < 4.78 is 0. The van der Waals surface area contributed by atoms with Crippen LogP contribution in [0.4, 0.5) is 0 Å². The van der Waals surface area contributed by atoms with Crippen LogP contribution < -0.4 is 0 Å². The van der Waals surface area contributed by atoms with Crippen molar-refractivity contribution in [3.63, 3.8) is 0 Å². The van der Waals surface area contributed by atoms with E-state index < -0.39 is 0 Å². The third-order valence-electron chi connectivity index (χ3n) is 4.85. The molecular weight excluding hydrogens is 268 g/mol. The summed E-state index contributed by atoms with van der Waals surface area (Å²) in [4.78, 5) is 9.32. The topological polar surface area (TPSA) is 25.8 Å². The van der Waals surface area contributed by atoms with Crippen LogP contribution in [-0.2, 0) is 0 Å². The molecule has 0 radical (unpaired) electrons. The molecule has 0 saturated heterocycles. The highest BCUT2D eigenvalue weighted by atomic mass is 35.5. The number of nitrogens with zero attached hydrogens (tertiary/aromatic N) is 2. The second-order valence-corrected chi connectivity index (χ2v) is 6.47. The van der Waals surface area contributed by atoms with Crippen molar-refractivity contribution < 1.29 is 0 Å². The molecule has 2 nitrogen and oxygen atoms in total. The summed E-state index contributed by atoms with van der Waals surface area (Å²) in [6.07, 6.45) is 5.35. The Kier molecular flexibility index (Phi) is 2.99. The van der Waals surface area contributed by atoms with Gasteiger partial charge in [0.2, 0.25) is 0 Å². The van der Waals surface area contributed by atoms with Crippen molar-refractivity contribution in [2.75, 3.05) is 0 Å². The van der Waals surface area contributed by atoms with E-state index in [-0.39, 0.29) is 0 Å². The second-order valence-electron chi connectivity index (χ2n) is 6.08. The van der Waals surface area contributed by atoms with Crippen molar-refractivity contribution in [2.24, 2.45) is 11.8 Å². The van der Waals surface area contributed by atoms with Gasteiger partial charge in [-0.05, 0) is 31.1 Å². The maximum Gasteiger partial charge on any atom is 0.134 e. The van der Waals surface area contributed by atoms with Crippen molar-refractivity contribution in [1.29, 1.82) is 0 Å². The number of halogens is 1. The molecule has 2 fully saturated rings. The molecule has 0 N–H and O–H groups in total. The fourth-order valence-corrected chi connectivity index (χ4v) is 4.11. The van der Waals surface area contributed by atoms with Gasteiger partial charge in [-0.15, -0.1) is 0 Å². The van der Waals surface area contributed by atoms with E-state index in [9.17, 15) is 0 Å². The minimum absolute atomic E-state index is 0.523. The highest BCUT2D eigenvalue weighted by molar-refractivity contribution is 6.29. The van der Waals surface area contributed by atoms with Crippen LogP contribution in [0, 0.1) is 11.8 Å². The van der Waals surface area contributed by atoms with Gasteiger partial charge in [0.15, 0.2) is 0 Å². The van der Waals surface area contributed by atoms with Gasteiger partial charge in [-0.1, -0.05) is 48.4 Å². The summed E-state index contributed by atoms with van der Waals surface area (Å²) in [6.45, 7) is 0. The molecule has 2 aromatic rings. The third kappa shape index (κ3) is 2.12. The molecule has 102 valence electrons. The molecular formula is C17H17ClN2. The Hall–Kier alpha value is -1.41. The number of benzene rings is 1. The molecule has 3 heteroatoms. The zero-order valence-corrected chi connectivity index (χ0v) is 12.1. The molecule has 0 amide bonds. The molecule has 1 aromatic carbocycles. The van der Waals surface area contributed by atoms with Gasteiger partial charge in [0.05, 0.1) is 5.69 Å². The van der Waals surface area contributed by atoms with Crippen LogP contribution in [0.3, 0.4) is 0 Å². The smallest absolute Gasteiger partial charge is 0.134 e. The first-order valence-electron chi connectivity index (χ1n) is 7.39. The Morgan fingerprint density at radius 3 is 2.55 bits per heavy atom. The lowest BCUT2D eigenvalue weighted by molar-refractivity contribution is 0.405. The van der Waals surface area contributed by atoms with Gasteiger partial charge < -0.3 is 0 Å². The Morgan fingerprint density at radius 2 is 1.85 bits per heavy atom. The van der Waals surface area contributed by atoms with Gasteiger partial charge in [-0.2, -0.15) is 0 Å². The van der Waals surface area contributed by atoms with Crippen molar-refractivity contribution in [2.45, 2.75) is 31.6 Å². The first-order valence-corrected chi connectivity index (χ1v) is 7.77. The molecule has 2 aliphatic carbocycles. The minimum atomic E-state index is 0.523. The van der Waals surface area contributed by atoms with Crippen LogP contribution in [-0.4, -0.2) is 9.97 Å². The molecule has 3 atom stereocenters. The summed E-state index contributed by atoms with van der Waals surface area (Å²) in [5, 5.41) is 0.566. The van der Waals surface area contributed by atoms with Crippen molar-refractivity contribution in [1.82, 2.24) is 9.97 Å². The standard InChI is InChI=1S/C17H17ClN2/c18-16-10-15(12-4-2-1-3-5-12)19-17(20-16)14-9-11-6-7-13(14)8-11/h1-5,10-11,13-14H,6-9H2. The normalized spacial score (nSPS) is 27.9. The van der Waals surface area contributed by atoms with Crippen LogP contribution in [0.25, 0.3) is 11.3 Å². The SMILES string of the molecule is Clc1cc(-c2ccccc2)nc(C2CC3CCC2C3)n1. The summed E-state index contributed by atoms with van der Waals surface area (Å²) in [5.41, 5.74) is 2.06. The van der Waals surface area contributed by atoms with E-state index in [1.807, 2.05) is 24.3 Å². The largest absolute Gasteiger partial charge is 0.232 e. The maximum atomic E-state index is 6.23. The summed E-state index contributed by atoms with van der Waals surface area (Å²) in [6, 6.07) is 12.1. The average Bonchev–Trinajstić information content (AvgIpc) is 3.10. The Morgan fingerprint density at radius 1 is 1.00 bits per heavy atom. The van der Waals surface area contributed by atoms with Gasteiger partial charge >= 0.3 is 0 Å². The summed E-state index contributed by atoms with van der Waals surface area (Å²) >= 11 is 6.23. The molecule has 2 bridgehead atoms. The zero-order valence-electron chi connectivity index (χ0n) is 11.3. The van der Waals surface area contributed by atoms with E-state index in [0.29, 0.717) is 11.1 Å². The van der Waals surface area contributed by atoms with E-state index in [4.69, 9.17) is 16.6 Å². The predicted molar refractivity (Wildman–Crippen MR) is 80.7 cm³/mol. The first-order chi connectivity index (χ1) is 9.79. The predicted octanol–water partition coefficient (Wildman–Crippen LogP) is 4.70. The number of fused-ring (bicyclic) bond motifs is 2. The maximum absolute atomic E-state index is 6.23. The van der Waals surface area contributed by atoms with Crippen LogP contribution in [0.2, 0.25) is 5.15 Å². The Balaban J connectivity index is 1.73. The number of hydrogen-bond donors (Lipinski definition) is 0. The Labute approximate surface area is 124 Å². The van der Waals surface area contributed by atoms with Gasteiger partial charge in [0, 0.05) is 17.5 Å². The average molecular weight is 285 g/mol. The second kappa shape index (κ2) is 4.85. The highest BCUT2D eigenvalue weighted by Crippen LogP contribution is 2.52. The first kappa shape index (κ1) is 12.3. The summed E-state index contributed by atoms with van der Waals surface area (Å²) in [7, 11) is 0. The van der Waals surface area contributed by atoms with Gasteiger partial charge in [-0.3, -0.25) is 0 Å². The van der Waals surface area contributed by atoms with Crippen molar-refractivity contribution in [3.8, 4) is 11.3 Å². The lowest BCUT2D eigenvalue weighted by atomic mass is 9.88. The van der Waals surface area contributed by atoms with E-state index in [0.717, 1.165) is 28.9 Å². The fourth-order valence-electron chi connectivity index (χ4n) is 3.92. The van der Waals surface area contributed by atoms with Gasteiger partial charge in [-0.25, -0.2) is 9.97 Å². The van der Waals surface area contributed by atoms with Crippen molar-refractivity contribution in [3.05, 3.63) is 47.4 Å². The molecule has 3 unspecified atom stereocenters. The van der Waals surface area contributed by atoms with Gasteiger partial charge in [0.1, 0.15) is 11.0 Å². The summed E-state index contributed by atoms with van der Waals surface area (Å²) in [5.74, 6) is 3.16. The molecule has 0 spiro atoms. The van der Waals surface area contributed by atoms with Crippen LogP contribution in [0.15, 0.2) is 36.4 Å². The number of hydrogen-bond acceptors (Lipinski definition) is 2. The van der Waals surface area contributed by atoms with Gasteiger partial charge in [0.25, 0.3) is 0 Å². The third-order valence-corrected chi connectivity index (χ3v) is 5.05. The number of rotatable bonds is 2. The Bertz CT molecular complexity index is 626. The molecule has 1 heterocycles. The molecule has 0 aliphatic heterocycles. The van der Waals surface area contributed by atoms with Crippen LogP contribution in [0.1, 0.15) is 37.4 Å². The molecule has 1 aromatic heterocycles. The quantitative estimate of drug-likeness (QED) is 0.747. The van der Waals surface area contributed by atoms with E-state index in [2.05, 4.69) is 17.1 Å². The van der Waals surface area contributed by atoms with Crippen molar-refractivity contribution >= 4 is 11.6 Å². The molecule has 4 rings (SSSR count). The van der Waals surface area contributed by atoms with E-state index in [1.54, 1.807) is 0 Å². The number of aromatic nitrogens is 2. The van der Waals surface area contributed by atoms with E-state index >= 15 is 0 Å². The molecule has 20 heavy (non-hydrogen) atoms. The zero-order chi connectivity index (χ0) is 13.5. The lowest BCUT2D eigenvalue weighted by Gasteiger charge is -2.20. The lowest BCUT2D eigenvalue weighted by Crippen LogP contribution is -2.12. The van der Waals surface area contributed by atoms with Crippen LogP contribution >= 0.6 is 11.6 Å². The minimum Gasteiger partial charge on any atom is -0.232 e. The molecule has 2 aliphatic rings. The fraction of sp³-hybridized carbons (Fsp3) is 0.412.